The Hall–Kier alpha value is -3.44. The fourth-order valence-electron chi connectivity index (χ4n) is 3.07. The van der Waals surface area contributed by atoms with E-state index in [2.05, 4.69) is 21.6 Å². The standard InChI is InChI=1S/C21H19F2N3O3/c1-13(27)6-7-14-4-3-5-16(12-14)21(18(28)26(2)20(24)25-21)15-8-10-17(11-9-15)29-19(22)23/h3-5,8-13,19,27H,1-2H3,(H2,24,25)/t13-,21+/m0/s1. The maximum absolute atomic E-state index is 13.2. The van der Waals surface area contributed by atoms with Gasteiger partial charge in [-0.3, -0.25) is 9.69 Å². The van der Waals surface area contributed by atoms with Crippen LogP contribution in [0.3, 0.4) is 0 Å². The van der Waals surface area contributed by atoms with Gasteiger partial charge in [-0.15, -0.1) is 0 Å². The van der Waals surface area contributed by atoms with Crippen molar-refractivity contribution in [2.75, 3.05) is 7.05 Å². The summed E-state index contributed by atoms with van der Waals surface area (Å²) in [6, 6.07) is 12.5. The Morgan fingerprint density at radius 1 is 1.21 bits per heavy atom. The predicted molar refractivity (Wildman–Crippen MR) is 103 cm³/mol. The molecule has 0 aliphatic carbocycles. The highest BCUT2D eigenvalue weighted by Crippen LogP contribution is 2.40. The zero-order chi connectivity index (χ0) is 21.2. The summed E-state index contributed by atoms with van der Waals surface area (Å²) >= 11 is 0. The minimum absolute atomic E-state index is 0.0309. The molecular formula is C21H19F2N3O3. The van der Waals surface area contributed by atoms with Crippen molar-refractivity contribution in [2.45, 2.75) is 25.2 Å². The first-order valence-electron chi connectivity index (χ1n) is 8.73. The summed E-state index contributed by atoms with van der Waals surface area (Å²) in [5, 5.41) is 9.39. The molecule has 29 heavy (non-hydrogen) atoms. The first-order valence-corrected chi connectivity index (χ1v) is 8.73. The SMILES string of the molecule is C[C@H](O)C#Cc1cccc([C@@]2(c3ccc(OC(F)F)cc3)N=C(N)N(C)C2=O)c1. The van der Waals surface area contributed by atoms with Gasteiger partial charge in [0.2, 0.25) is 0 Å². The maximum atomic E-state index is 13.2. The molecule has 3 N–H and O–H groups in total. The number of alkyl halides is 2. The highest BCUT2D eigenvalue weighted by Gasteiger charge is 2.49. The van der Waals surface area contributed by atoms with E-state index in [4.69, 9.17) is 5.73 Å². The molecule has 1 amide bonds. The molecule has 0 saturated carbocycles. The topological polar surface area (TPSA) is 88.2 Å². The number of halogens is 2. The van der Waals surface area contributed by atoms with Crippen LogP contribution in [0.15, 0.2) is 53.5 Å². The van der Waals surface area contributed by atoms with Gasteiger partial charge in [-0.1, -0.05) is 36.1 Å². The lowest BCUT2D eigenvalue weighted by Crippen LogP contribution is -2.41. The van der Waals surface area contributed by atoms with E-state index in [1.165, 1.54) is 36.2 Å². The lowest BCUT2D eigenvalue weighted by Gasteiger charge is -2.26. The molecular weight excluding hydrogens is 380 g/mol. The Labute approximate surface area is 166 Å². The van der Waals surface area contributed by atoms with Gasteiger partial charge in [0, 0.05) is 12.6 Å². The lowest BCUT2D eigenvalue weighted by molar-refractivity contribution is -0.129. The number of guanidine groups is 1. The normalized spacial score (nSPS) is 19.6. The van der Waals surface area contributed by atoms with Crippen LogP contribution in [0, 0.1) is 11.8 Å². The van der Waals surface area contributed by atoms with Crippen molar-refractivity contribution in [1.82, 2.24) is 4.90 Å². The van der Waals surface area contributed by atoms with Gasteiger partial charge in [0.25, 0.3) is 5.91 Å². The number of aliphatic hydroxyl groups excluding tert-OH is 1. The van der Waals surface area contributed by atoms with Gasteiger partial charge in [-0.2, -0.15) is 8.78 Å². The molecule has 0 spiro atoms. The second-order valence-corrected chi connectivity index (χ2v) is 6.47. The van der Waals surface area contributed by atoms with Crippen molar-refractivity contribution in [3.05, 3.63) is 65.2 Å². The number of hydrogen-bond donors (Lipinski definition) is 2. The lowest BCUT2D eigenvalue weighted by atomic mass is 9.82. The third kappa shape index (κ3) is 3.91. The van der Waals surface area contributed by atoms with E-state index >= 15 is 0 Å². The average Bonchev–Trinajstić information content (AvgIpc) is 2.92. The van der Waals surface area contributed by atoms with E-state index in [9.17, 15) is 18.7 Å². The van der Waals surface area contributed by atoms with Crippen molar-refractivity contribution in [2.24, 2.45) is 10.7 Å². The summed E-state index contributed by atoms with van der Waals surface area (Å²) in [5.74, 6) is 5.09. The Balaban J connectivity index is 2.14. The number of carbonyl (C=O) groups is 1. The molecule has 0 unspecified atom stereocenters. The molecule has 0 radical (unpaired) electrons. The molecule has 150 valence electrons. The van der Waals surface area contributed by atoms with Crippen LogP contribution in [0.1, 0.15) is 23.6 Å². The first kappa shape index (κ1) is 20.3. The van der Waals surface area contributed by atoms with Crippen molar-refractivity contribution >= 4 is 11.9 Å². The van der Waals surface area contributed by atoms with Gasteiger partial charge >= 0.3 is 6.61 Å². The highest BCUT2D eigenvalue weighted by atomic mass is 19.3. The van der Waals surface area contributed by atoms with Crippen LogP contribution < -0.4 is 10.5 Å². The number of nitrogens with zero attached hydrogens (tertiary/aromatic N) is 2. The number of nitrogens with two attached hydrogens (primary N) is 1. The highest BCUT2D eigenvalue weighted by molar-refractivity contribution is 6.08. The van der Waals surface area contributed by atoms with Crippen LogP contribution >= 0.6 is 0 Å². The average molecular weight is 399 g/mol. The number of aliphatic imine (C=N–C) groups is 1. The number of likely N-dealkylation sites (N-methyl/N-ethyl adjacent to an activating group) is 1. The zero-order valence-corrected chi connectivity index (χ0v) is 15.8. The van der Waals surface area contributed by atoms with Crippen LogP contribution in [0.5, 0.6) is 5.75 Å². The van der Waals surface area contributed by atoms with E-state index in [0.717, 1.165) is 0 Å². The molecule has 1 aliphatic rings. The molecule has 3 rings (SSSR count). The van der Waals surface area contributed by atoms with Gasteiger partial charge in [0.05, 0.1) is 0 Å². The molecule has 6 nitrogen and oxygen atoms in total. The summed E-state index contributed by atoms with van der Waals surface area (Å²) in [6.07, 6.45) is -0.803. The van der Waals surface area contributed by atoms with Crippen molar-refractivity contribution in [1.29, 1.82) is 0 Å². The number of aliphatic hydroxyl groups is 1. The van der Waals surface area contributed by atoms with Gasteiger partial charge in [0.15, 0.2) is 11.5 Å². The molecule has 0 fully saturated rings. The smallest absolute Gasteiger partial charge is 0.387 e. The number of rotatable bonds is 4. The van der Waals surface area contributed by atoms with Gasteiger partial charge < -0.3 is 15.6 Å². The maximum Gasteiger partial charge on any atom is 0.387 e. The third-order valence-corrected chi connectivity index (χ3v) is 4.44. The molecule has 2 aromatic carbocycles. The monoisotopic (exact) mass is 399 g/mol. The summed E-state index contributed by atoms with van der Waals surface area (Å²) in [4.78, 5) is 18.9. The van der Waals surface area contributed by atoms with Crippen LogP contribution in [-0.4, -0.2) is 41.6 Å². The van der Waals surface area contributed by atoms with Crippen LogP contribution in [0.2, 0.25) is 0 Å². The Morgan fingerprint density at radius 3 is 2.45 bits per heavy atom. The van der Waals surface area contributed by atoms with Crippen LogP contribution in [0.4, 0.5) is 8.78 Å². The van der Waals surface area contributed by atoms with E-state index in [1.54, 1.807) is 31.2 Å². The fourth-order valence-corrected chi connectivity index (χ4v) is 3.07. The summed E-state index contributed by atoms with van der Waals surface area (Å²) in [5.41, 5.74) is 5.97. The van der Waals surface area contributed by atoms with Gasteiger partial charge in [0.1, 0.15) is 11.9 Å². The summed E-state index contributed by atoms with van der Waals surface area (Å²) < 4.78 is 29.3. The Morgan fingerprint density at radius 2 is 1.90 bits per heavy atom. The summed E-state index contributed by atoms with van der Waals surface area (Å²) in [6.45, 7) is -1.41. The zero-order valence-electron chi connectivity index (χ0n) is 15.8. The van der Waals surface area contributed by atoms with E-state index in [0.29, 0.717) is 16.7 Å². The number of amides is 1. The second-order valence-electron chi connectivity index (χ2n) is 6.47. The number of hydrogen-bond acceptors (Lipinski definition) is 5. The predicted octanol–water partition coefficient (Wildman–Crippen LogP) is 2.05. The number of benzene rings is 2. The second kappa shape index (κ2) is 7.89. The molecule has 1 heterocycles. The number of ether oxygens (including phenoxy) is 1. The van der Waals surface area contributed by atoms with E-state index in [-0.39, 0.29) is 11.7 Å². The minimum Gasteiger partial charge on any atom is -0.435 e. The van der Waals surface area contributed by atoms with Crippen LogP contribution in [-0.2, 0) is 10.3 Å². The number of carbonyl (C=O) groups excluding carboxylic acids is 1. The van der Waals surface area contributed by atoms with Crippen molar-refractivity contribution < 1.29 is 23.4 Å². The molecule has 0 bridgehead atoms. The third-order valence-electron chi connectivity index (χ3n) is 4.44. The first-order chi connectivity index (χ1) is 13.7. The van der Waals surface area contributed by atoms with Crippen molar-refractivity contribution in [3.8, 4) is 17.6 Å². The van der Waals surface area contributed by atoms with E-state index < -0.39 is 24.2 Å². The minimum atomic E-state index is -2.95. The molecule has 8 heteroatoms. The Bertz CT molecular complexity index is 1010. The molecule has 0 saturated heterocycles. The quantitative estimate of drug-likeness (QED) is 0.771. The molecule has 2 atom stereocenters. The van der Waals surface area contributed by atoms with Gasteiger partial charge in [-0.05, 0) is 42.3 Å². The van der Waals surface area contributed by atoms with E-state index in [1.807, 2.05) is 0 Å². The van der Waals surface area contributed by atoms with Gasteiger partial charge in [-0.25, -0.2) is 4.99 Å². The Kier molecular flexibility index (Phi) is 5.52. The molecule has 2 aromatic rings. The van der Waals surface area contributed by atoms with Crippen LogP contribution in [0.25, 0.3) is 0 Å². The largest absolute Gasteiger partial charge is 0.435 e. The van der Waals surface area contributed by atoms with Crippen molar-refractivity contribution in [3.63, 3.8) is 0 Å². The molecule has 1 aliphatic heterocycles. The summed E-state index contributed by atoms with van der Waals surface area (Å²) in [7, 11) is 1.51. The molecule has 0 aromatic heterocycles. The fraction of sp³-hybridized carbons (Fsp3) is 0.238.